The monoisotopic (exact) mass is 273 g/mol. The number of benzene rings is 1. The predicted octanol–water partition coefficient (Wildman–Crippen LogP) is 3.15. The molecule has 0 aliphatic rings. The largest absolute Gasteiger partial charge is 0.363 e. The smallest absolute Gasteiger partial charge is 0.205 e. The van der Waals surface area contributed by atoms with Gasteiger partial charge in [0.2, 0.25) is 5.13 Å². The van der Waals surface area contributed by atoms with E-state index in [2.05, 4.69) is 15.5 Å². The van der Waals surface area contributed by atoms with Gasteiger partial charge in [-0.2, -0.15) is 0 Å². The van der Waals surface area contributed by atoms with E-state index >= 15 is 0 Å². The molecule has 2 aromatic rings. The molecule has 1 aromatic heterocycles. The first kappa shape index (κ1) is 12.3. The van der Waals surface area contributed by atoms with Crippen LogP contribution < -0.4 is 5.32 Å². The van der Waals surface area contributed by atoms with E-state index in [0.717, 1.165) is 16.2 Å². The summed E-state index contributed by atoms with van der Waals surface area (Å²) in [6, 6.07) is 3.85. The van der Waals surface area contributed by atoms with Gasteiger partial charge >= 0.3 is 0 Å². The second-order valence-corrected chi connectivity index (χ2v) is 5.23. The number of nitrogens with one attached hydrogen (secondary N) is 1. The van der Waals surface area contributed by atoms with E-state index in [1.54, 1.807) is 13.1 Å². The van der Waals surface area contributed by atoms with E-state index in [9.17, 15) is 8.78 Å². The summed E-state index contributed by atoms with van der Waals surface area (Å²) in [6.07, 6.45) is 0. The van der Waals surface area contributed by atoms with Crippen molar-refractivity contribution in [2.24, 2.45) is 0 Å². The van der Waals surface area contributed by atoms with E-state index in [0.29, 0.717) is 10.6 Å². The second-order valence-electron chi connectivity index (χ2n) is 3.12. The summed E-state index contributed by atoms with van der Waals surface area (Å²) >= 11 is 2.83. The average Bonchev–Trinajstić information content (AvgIpc) is 2.79. The molecule has 0 amide bonds. The lowest BCUT2D eigenvalue weighted by Gasteiger charge is -1.99. The molecule has 1 aromatic carbocycles. The normalized spacial score (nSPS) is 10.5. The lowest BCUT2D eigenvalue weighted by atomic mass is 10.3. The van der Waals surface area contributed by atoms with Crippen molar-refractivity contribution in [1.29, 1.82) is 0 Å². The Morgan fingerprint density at radius 3 is 2.76 bits per heavy atom. The van der Waals surface area contributed by atoms with Crippen LogP contribution in [0.25, 0.3) is 0 Å². The van der Waals surface area contributed by atoms with Crippen LogP contribution >= 0.6 is 23.1 Å². The molecule has 0 unspecified atom stereocenters. The molecule has 0 saturated heterocycles. The molecule has 0 saturated carbocycles. The molecule has 90 valence electrons. The zero-order valence-electron chi connectivity index (χ0n) is 8.91. The highest BCUT2D eigenvalue weighted by atomic mass is 32.2. The van der Waals surface area contributed by atoms with E-state index in [1.807, 2.05) is 0 Å². The number of thioether (sulfide) groups is 1. The zero-order valence-corrected chi connectivity index (χ0v) is 10.5. The lowest BCUT2D eigenvalue weighted by molar-refractivity contribution is 0.506. The number of hydrogen-bond donors (Lipinski definition) is 1. The van der Waals surface area contributed by atoms with Gasteiger partial charge in [-0.3, -0.25) is 0 Å². The number of anilines is 1. The quantitative estimate of drug-likeness (QED) is 0.868. The SMILES string of the molecule is CNc1nnc(CSc2ccc(F)c(F)c2)s1. The summed E-state index contributed by atoms with van der Waals surface area (Å²) < 4.78 is 25.6. The third-order valence-electron chi connectivity index (χ3n) is 1.93. The van der Waals surface area contributed by atoms with Gasteiger partial charge in [-0.1, -0.05) is 11.3 Å². The van der Waals surface area contributed by atoms with Crippen molar-refractivity contribution in [3.63, 3.8) is 0 Å². The van der Waals surface area contributed by atoms with Crippen LogP contribution in [0.4, 0.5) is 13.9 Å². The molecule has 0 fully saturated rings. The summed E-state index contributed by atoms with van der Waals surface area (Å²) in [5, 5.41) is 12.3. The molecule has 0 radical (unpaired) electrons. The van der Waals surface area contributed by atoms with Crippen LogP contribution in [-0.4, -0.2) is 17.2 Å². The third kappa shape index (κ3) is 3.13. The van der Waals surface area contributed by atoms with Gasteiger partial charge in [-0.15, -0.1) is 22.0 Å². The Labute approximate surface area is 105 Å². The van der Waals surface area contributed by atoms with Crippen molar-refractivity contribution in [3.05, 3.63) is 34.8 Å². The van der Waals surface area contributed by atoms with Crippen molar-refractivity contribution >= 4 is 28.2 Å². The maximum absolute atomic E-state index is 12.9. The molecule has 2 rings (SSSR count). The highest BCUT2D eigenvalue weighted by Crippen LogP contribution is 2.26. The topological polar surface area (TPSA) is 37.8 Å². The van der Waals surface area contributed by atoms with Crippen LogP contribution in [0.1, 0.15) is 5.01 Å². The van der Waals surface area contributed by atoms with E-state index in [4.69, 9.17) is 0 Å². The van der Waals surface area contributed by atoms with Crippen molar-refractivity contribution < 1.29 is 8.78 Å². The van der Waals surface area contributed by atoms with Gasteiger partial charge in [0.05, 0.1) is 5.75 Å². The Morgan fingerprint density at radius 2 is 2.12 bits per heavy atom. The molecule has 0 aliphatic carbocycles. The molecule has 0 aliphatic heterocycles. The number of halogens is 2. The highest BCUT2D eigenvalue weighted by Gasteiger charge is 2.06. The Kier molecular flexibility index (Phi) is 3.90. The number of aromatic nitrogens is 2. The average molecular weight is 273 g/mol. The van der Waals surface area contributed by atoms with Crippen molar-refractivity contribution in [1.82, 2.24) is 10.2 Å². The molecule has 3 nitrogen and oxygen atoms in total. The summed E-state index contributed by atoms with van der Waals surface area (Å²) in [5.74, 6) is -1.07. The minimum atomic E-state index is -0.831. The Morgan fingerprint density at radius 1 is 1.29 bits per heavy atom. The molecule has 0 spiro atoms. The van der Waals surface area contributed by atoms with E-state index in [1.165, 1.54) is 29.2 Å². The zero-order chi connectivity index (χ0) is 12.3. The minimum Gasteiger partial charge on any atom is -0.363 e. The predicted molar refractivity (Wildman–Crippen MR) is 65.4 cm³/mol. The lowest BCUT2D eigenvalue weighted by Crippen LogP contribution is -1.85. The van der Waals surface area contributed by atoms with Gasteiger partial charge in [-0.05, 0) is 18.2 Å². The Balaban J connectivity index is 1.99. The van der Waals surface area contributed by atoms with Crippen LogP contribution in [0.3, 0.4) is 0 Å². The number of hydrogen-bond acceptors (Lipinski definition) is 5. The summed E-state index contributed by atoms with van der Waals surface area (Å²) in [7, 11) is 1.77. The van der Waals surface area contributed by atoms with Gasteiger partial charge < -0.3 is 5.32 Å². The molecular formula is C10H9F2N3S2. The molecule has 0 atom stereocenters. The van der Waals surface area contributed by atoms with Gasteiger partial charge in [0.15, 0.2) is 11.6 Å². The maximum Gasteiger partial charge on any atom is 0.205 e. The fourth-order valence-electron chi connectivity index (χ4n) is 1.12. The molecule has 1 heterocycles. The molecular weight excluding hydrogens is 264 g/mol. The van der Waals surface area contributed by atoms with Crippen LogP contribution in [0.2, 0.25) is 0 Å². The molecule has 1 N–H and O–H groups in total. The fraction of sp³-hybridized carbons (Fsp3) is 0.200. The molecule has 17 heavy (non-hydrogen) atoms. The first-order chi connectivity index (χ1) is 8.19. The molecule has 0 bridgehead atoms. The van der Waals surface area contributed by atoms with Crippen LogP contribution in [0, 0.1) is 11.6 Å². The van der Waals surface area contributed by atoms with Crippen molar-refractivity contribution in [2.75, 3.05) is 12.4 Å². The summed E-state index contributed by atoms with van der Waals surface area (Å²) in [6.45, 7) is 0. The van der Waals surface area contributed by atoms with Crippen LogP contribution in [0.5, 0.6) is 0 Å². The Bertz CT molecular complexity index is 516. The van der Waals surface area contributed by atoms with Crippen molar-refractivity contribution in [3.8, 4) is 0 Å². The van der Waals surface area contributed by atoms with Gasteiger partial charge in [0, 0.05) is 11.9 Å². The highest BCUT2D eigenvalue weighted by molar-refractivity contribution is 7.98. The van der Waals surface area contributed by atoms with Gasteiger partial charge in [0.25, 0.3) is 0 Å². The van der Waals surface area contributed by atoms with Crippen LogP contribution in [-0.2, 0) is 5.75 Å². The first-order valence-electron chi connectivity index (χ1n) is 4.77. The fourth-order valence-corrected chi connectivity index (χ4v) is 2.72. The van der Waals surface area contributed by atoms with E-state index in [-0.39, 0.29) is 0 Å². The summed E-state index contributed by atoms with van der Waals surface area (Å²) in [4.78, 5) is 0.671. The van der Waals surface area contributed by atoms with Gasteiger partial charge in [0.1, 0.15) is 5.01 Å². The number of rotatable bonds is 4. The first-order valence-corrected chi connectivity index (χ1v) is 6.57. The number of nitrogens with zero attached hydrogens (tertiary/aromatic N) is 2. The standard InChI is InChI=1S/C10H9F2N3S2/c1-13-10-15-14-9(17-10)5-16-6-2-3-7(11)8(12)4-6/h2-4H,5H2,1H3,(H,13,15). The minimum absolute atomic E-state index is 0.588. The second kappa shape index (κ2) is 5.42. The van der Waals surface area contributed by atoms with Crippen LogP contribution in [0.15, 0.2) is 23.1 Å². The maximum atomic E-state index is 12.9. The summed E-state index contributed by atoms with van der Waals surface area (Å²) in [5.41, 5.74) is 0. The third-order valence-corrected chi connectivity index (χ3v) is 4.06. The van der Waals surface area contributed by atoms with Gasteiger partial charge in [-0.25, -0.2) is 8.78 Å². The molecule has 7 heteroatoms. The van der Waals surface area contributed by atoms with E-state index < -0.39 is 11.6 Å². The Hall–Kier alpha value is -1.21. The van der Waals surface area contributed by atoms with Crippen molar-refractivity contribution in [2.45, 2.75) is 10.6 Å².